The Balaban J connectivity index is 2.11. The van der Waals surface area contributed by atoms with Gasteiger partial charge in [0.05, 0.1) is 4.92 Å². The fraction of sp³-hybridized carbons (Fsp3) is 0.316. The van der Waals surface area contributed by atoms with Gasteiger partial charge in [-0.2, -0.15) is 0 Å². The van der Waals surface area contributed by atoms with Crippen LogP contribution in [0.5, 0.6) is 11.5 Å². The van der Waals surface area contributed by atoms with Gasteiger partial charge in [0.2, 0.25) is 5.75 Å². The summed E-state index contributed by atoms with van der Waals surface area (Å²) >= 11 is 0. The van der Waals surface area contributed by atoms with Crippen molar-refractivity contribution in [2.75, 3.05) is 6.61 Å². The summed E-state index contributed by atoms with van der Waals surface area (Å²) in [4.78, 5) is 22.5. The zero-order valence-electron chi connectivity index (χ0n) is 14.7. The fourth-order valence-corrected chi connectivity index (χ4v) is 2.39. The van der Waals surface area contributed by atoms with Crippen LogP contribution < -0.4 is 9.47 Å². The Bertz CT molecular complexity index is 798. The van der Waals surface area contributed by atoms with Crippen molar-refractivity contribution in [2.45, 2.75) is 33.6 Å². The second-order valence-electron chi connectivity index (χ2n) is 6.19. The van der Waals surface area contributed by atoms with E-state index < -0.39 is 10.9 Å². The van der Waals surface area contributed by atoms with Crippen LogP contribution in [0.2, 0.25) is 0 Å². The Morgan fingerprint density at radius 3 is 2.28 bits per heavy atom. The van der Waals surface area contributed by atoms with Crippen LogP contribution in [0.25, 0.3) is 0 Å². The van der Waals surface area contributed by atoms with Gasteiger partial charge in [0, 0.05) is 6.07 Å². The molecule has 2 rings (SSSR count). The lowest BCUT2D eigenvalue weighted by Crippen LogP contribution is -2.19. The van der Waals surface area contributed by atoms with E-state index in [1.54, 1.807) is 13.0 Å². The van der Waals surface area contributed by atoms with Gasteiger partial charge in [-0.3, -0.25) is 10.1 Å². The van der Waals surface area contributed by atoms with E-state index in [-0.39, 0.29) is 24.0 Å². The number of rotatable bonds is 6. The van der Waals surface area contributed by atoms with Crippen molar-refractivity contribution < 1.29 is 19.2 Å². The Hall–Kier alpha value is -2.89. The lowest BCUT2D eigenvalue weighted by molar-refractivity contribution is -0.385. The maximum atomic E-state index is 12.1. The molecule has 0 saturated heterocycles. The van der Waals surface area contributed by atoms with E-state index in [9.17, 15) is 14.9 Å². The van der Waals surface area contributed by atoms with Gasteiger partial charge in [-0.1, -0.05) is 32.0 Å². The zero-order chi connectivity index (χ0) is 18.6. The molecule has 0 fully saturated rings. The molecule has 0 atom stereocenters. The monoisotopic (exact) mass is 343 g/mol. The number of nitro benzene ring substituents is 1. The molecule has 25 heavy (non-hydrogen) atoms. The van der Waals surface area contributed by atoms with Crippen LogP contribution >= 0.6 is 0 Å². The van der Waals surface area contributed by atoms with Crippen LogP contribution in [0.4, 0.5) is 5.69 Å². The van der Waals surface area contributed by atoms with E-state index in [1.165, 1.54) is 12.1 Å². The van der Waals surface area contributed by atoms with E-state index in [2.05, 4.69) is 0 Å². The highest BCUT2D eigenvalue weighted by molar-refractivity contribution is 5.75. The molecule has 0 amide bonds. The maximum Gasteiger partial charge on any atom is 0.349 e. The van der Waals surface area contributed by atoms with E-state index >= 15 is 0 Å². The molecular weight excluding hydrogens is 322 g/mol. The molecule has 132 valence electrons. The Kier molecular flexibility index (Phi) is 5.75. The molecule has 2 aromatic rings. The molecule has 0 bridgehead atoms. The summed E-state index contributed by atoms with van der Waals surface area (Å²) in [5.41, 5.74) is 2.51. The first kappa shape index (κ1) is 18.4. The Morgan fingerprint density at radius 1 is 1.08 bits per heavy atom. The molecule has 0 heterocycles. The minimum atomic E-state index is -0.690. The van der Waals surface area contributed by atoms with Crippen LogP contribution in [0.15, 0.2) is 36.4 Å². The largest absolute Gasteiger partial charge is 0.482 e. The highest BCUT2D eigenvalue weighted by Crippen LogP contribution is 2.29. The van der Waals surface area contributed by atoms with E-state index in [0.29, 0.717) is 5.75 Å². The third-order valence-corrected chi connectivity index (χ3v) is 3.67. The van der Waals surface area contributed by atoms with E-state index in [4.69, 9.17) is 9.47 Å². The molecule has 0 aromatic heterocycles. The number of ether oxygens (including phenoxy) is 2. The molecule has 6 heteroatoms. The normalized spacial score (nSPS) is 10.6. The smallest absolute Gasteiger partial charge is 0.349 e. The van der Waals surface area contributed by atoms with Gasteiger partial charge < -0.3 is 9.47 Å². The number of aryl methyl sites for hydroxylation is 2. The lowest BCUT2D eigenvalue weighted by Gasteiger charge is -2.14. The lowest BCUT2D eigenvalue weighted by atomic mass is 10.0. The topological polar surface area (TPSA) is 78.7 Å². The van der Waals surface area contributed by atoms with Crippen LogP contribution in [0.3, 0.4) is 0 Å². The molecule has 6 nitrogen and oxygen atoms in total. The number of carbonyl (C=O) groups excluding carboxylic acids is 1. The van der Waals surface area contributed by atoms with Crippen LogP contribution in [-0.2, 0) is 4.79 Å². The van der Waals surface area contributed by atoms with E-state index in [0.717, 1.165) is 16.7 Å². The number of nitro groups is 1. The third-order valence-electron chi connectivity index (χ3n) is 3.67. The molecule has 0 spiro atoms. The molecule has 2 aromatic carbocycles. The molecule has 0 saturated carbocycles. The molecule has 0 aliphatic heterocycles. The number of esters is 1. The fourth-order valence-electron chi connectivity index (χ4n) is 2.39. The summed E-state index contributed by atoms with van der Waals surface area (Å²) in [7, 11) is 0. The van der Waals surface area contributed by atoms with Gasteiger partial charge in [0.1, 0.15) is 5.75 Å². The third kappa shape index (κ3) is 4.79. The first-order valence-electron chi connectivity index (χ1n) is 7.97. The molecule has 0 N–H and O–H groups in total. The highest BCUT2D eigenvalue weighted by atomic mass is 16.6. The average molecular weight is 343 g/mol. The van der Waals surface area contributed by atoms with Crippen LogP contribution in [0, 0.1) is 24.0 Å². The maximum absolute atomic E-state index is 12.1. The Morgan fingerprint density at radius 2 is 1.68 bits per heavy atom. The number of carbonyl (C=O) groups is 1. The molecule has 0 aliphatic carbocycles. The second-order valence-corrected chi connectivity index (χ2v) is 6.19. The number of benzene rings is 2. The van der Waals surface area contributed by atoms with Gasteiger partial charge in [-0.25, -0.2) is 4.79 Å². The Labute approximate surface area is 146 Å². The number of nitrogens with zero attached hydrogens (tertiary/aromatic N) is 1. The summed E-state index contributed by atoms with van der Waals surface area (Å²) in [6, 6.07) is 10.2. The first-order chi connectivity index (χ1) is 11.8. The number of hydrogen-bond acceptors (Lipinski definition) is 5. The van der Waals surface area contributed by atoms with Crippen LogP contribution in [0.1, 0.15) is 36.5 Å². The van der Waals surface area contributed by atoms with Crippen molar-refractivity contribution in [2.24, 2.45) is 0 Å². The predicted octanol–water partition coefficient (Wildman–Crippen LogP) is 4.32. The minimum Gasteiger partial charge on any atom is -0.482 e. The quantitative estimate of drug-likeness (QED) is 0.338. The standard InChI is InChI=1S/C19H21NO5/c1-12(2)15-7-5-13(3)9-17(15)24-11-19(21)25-18-10-14(4)6-8-16(18)20(22)23/h5-10,12H,11H2,1-4H3. The molecule has 0 aliphatic rings. The van der Waals surface area contributed by atoms with Crippen LogP contribution in [-0.4, -0.2) is 17.5 Å². The zero-order valence-corrected chi connectivity index (χ0v) is 14.7. The van der Waals surface area contributed by atoms with E-state index in [1.807, 2.05) is 39.0 Å². The van der Waals surface area contributed by atoms with Crippen molar-refractivity contribution >= 4 is 11.7 Å². The van der Waals surface area contributed by atoms with Gasteiger partial charge >= 0.3 is 11.7 Å². The molecule has 0 unspecified atom stereocenters. The van der Waals surface area contributed by atoms with Crippen molar-refractivity contribution in [1.29, 1.82) is 0 Å². The summed E-state index contributed by atoms with van der Waals surface area (Å²) in [6.45, 7) is 7.44. The van der Waals surface area contributed by atoms with Crippen molar-refractivity contribution in [3.8, 4) is 11.5 Å². The summed E-state index contributed by atoms with van der Waals surface area (Å²) < 4.78 is 10.7. The number of hydrogen-bond donors (Lipinski definition) is 0. The average Bonchev–Trinajstić information content (AvgIpc) is 2.52. The predicted molar refractivity (Wildman–Crippen MR) is 94.2 cm³/mol. The summed E-state index contributed by atoms with van der Waals surface area (Å²) in [5.74, 6) is 0.0898. The summed E-state index contributed by atoms with van der Waals surface area (Å²) in [5, 5.41) is 11.0. The van der Waals surface area contributed by atoms with Crippen molar-refractivity contribution in [3.63, 3.8) is 0 Å². The minimum absolute atomic E-state index is 0.0769. The van der Waals surface area contributed by atoms with Crippen molar-refractivity contribution in [3.05, 3.63) is 63.2 Å². The van der Waals surface area contributed by atoms with Crippen molar-refractivity contribution in [1.82, 2.24) is 0 Å². The first-order valence-corrected chi connectivity index (χ1v) is 7.97. The van der Waals surface area contributed by atoms with Gasteiger partial charge in [0.15, 0.2) is 6.61 Å². The van der Waals surface area contributed by atoms with Gasteiger partial charge in [0.25, 0.3) is 0 Å². The molecule has 0 radical (unpaired) electrons. The van der Waals surface area contributed by atoms with Gasteiger partial charge in [-0.05, 0) is 48.6 Å². The summed E-state index contributed by atoms with van der Waals surface area (Å²) in [6.07, 6.45) is 0. The van der Waals surface area contributed by atoms with Gasteiger partial charge in [-0.15, -0.1) is 0 Å². The SMILES string of the molecule is Cc1ccc(C(C)C)c(OCC(=O)Oc2cc(C)ccc2[N+](=O)[O-])c1. The highest BCUT2D eigenvalue weighted by Gasteiger charge is 2.19. The molecular formula is C19H21NO5. The second kappa shape index (κ2) is 7.79.